The molecule has 1 saturated heterocycles. The van der Waals surface area contributed by atoms with Gasteiger partial charge in [-0.1, -0.05) is 52.2 Å². The molecule has 6 rings (SSSR count). The van der Waals surface area contributed by atoms with Gasteiger partial charge in [0.25, 0.3) is 10.0 Å². The molecule has 0 saturated carbocycles. The van der Waals surface area contributed by atoms with E-state index in [9.17, 15) is 8.42 Å². The van der Waals surface area contributed by atoms with Crippen LogP contribution in [-0.2, 0) is 10.0 Å². The van der Waals surface area contributed by atoms with Crippen LogP contribution in [0.1, 0.15) is 36.2 Å². The van der Waals surface area contributed by atoms with Crippen LogP contribution < -0.4 is 10.1 Å². The van der Waals surface area contributed by atoms with Crippen molar-refractivity contribution in [3.8, 4) is 5.69 Å². The number of aromatic nitrogens is 1. The molecule has 1 atom stereocenters. The Hall–Kier alpha value is -2.68. The van der Waals surface area contributed by atoms with Gasteiger partial charge < -0.3 is 4.57 Å². The third-order valence-corrected chi connectivity index (χ3v) is 14.3. The zero-order valence-electron chi connectivity index (χ0n) is 22.8. The standard InChI is InChI=1S/C30H30BrClN5O2PS/c1-22-29-21-33-37(27-9-5-3-6-10-27)40(35-19-7-4-8-20-35,34-41(38,39)28-17-13-25(32)14-18-28)30(29)23(2)36(22)26-15-11-24(31)12-16-26/h3,5-6,9-18,21H,4,7-8,19-20H2,1-2H3. The Labute approximate surface area is 254 Å². The molecule has 41 heavy (non-hydrogen) atoms. The summed E-state index contributed by atoms with van der Waals surface area (Å²) in [5, 5.41) is 6.40. The van der Waals surface area contributed by atoms with Crippen molar-refractivity contribution in [1.82, 2.24) is 9.24 Å². The van der Waals surface area contributed by atoms with E-state index in [1.807, 2.05) is 53.5 Å². The summed E-state index contributed by atoms with van der Waals surface area (Å²) in [6, 6.07) is 24.2. The molecule has 4 aromatic rings. The number of piperidine rings is 1. The van der Waals surface area contributed by atoms with Crippen molar-refractivity contribution in [3.05, 3.63) is 105 Å². The van der Waals surface area contributed by atoms with E-state index in [2.05, 4.69) is 51.1 Å². The summed E-state index contributed by atoms with van der Waals surface area (Å²) in [4.78, 5) is 0.115. The molecule has 212 valence electrons. The van der Waals surface area contributed by atoms with Crippen molar-refractivity contribution in [2.24, 2.45) is 9.25 Å². The number of hydrazone groups is 1. The van der Waals surface area contributed by atoms with Crippen LogP contribution >= 0.6 is 34.9 Å². The monoisotopic (exact) mass is 669 g/mol. The molecule has 2 aliphatic heterocycles. The van der Waals surface area contributed by atoms with E-state index in [1.165, 1.54) is 12.1 Å². The predicted octanol–water partition coefficient (Wildman–Crippen LogP) is 7.90. The van der Waals surface area contributed by atoms with Crippen molar-refractivity contribution in [1.29, 1.82) is 0 Å². The van der Waals surface area contributed by atoms with Crippen LogP contribution in [0.25, 0.3) is 5.69 Å². The first-order valence-electron chi connectivity index (χ1n) is 13.5. The number of rotatable bonds is 5. The summed E-state index contributed by atoms with van der Waals surface area (Å²) in [6.45, 7) is 5.59. The average Bonchev–Trinajstić information content (AvgIpc) is 3.24. The van der Waals surface area contributed by atoms with Crippen molar-refractivity contribution >= 4 is 62.1 Å². The van der Waals surface area contributed by atoms with Gasteiger partial charge in [0.15, 0.2) is 7.36 Å². The van der Waals surface area contributed by atoms with Gasteiger partial charge in [-0.2, -0.15) is 13.5 Å². The van der Waals surface area contributed by atoms with Crippen molar-refractivity contribution in [2.75, 3.05) is 17.9 Å². The number of fused-ring (bicyclic) bond motifs is 1. The average molecular weight is 671 g/mol. The fourth-order valence-electron chi connectivity index (χ4n) is 5.77. The van der Waals surface area contributed by atoms with E-state index in [0.29, 0.717) is 5.02 Å². The molecule has 0 spiro atoms. The highest BCUT2D eigenvalue weighted by Gasteiger charge is 2.46. The Morgan fingerprint density at radius 3 is 2.17 bits per heavy atom. The van der Waals surface area contributed by atoms with Crippen LogP contribution in [0.15, 0.2) is 97.5 Å². The molecular weight excluding hydrogens is 641 g/mol. The molecule has 0 N–H and O–H groups in total. The van der Waals surface area contributed by atoms with Crippen molar-refractivity contribution < 1.29 is 8.42 Å². The number of nitrogens with zero attached hydrogens (tertiary/aromatic N) is 5. The zero-order chi connectivity index (χ0) is 28.8. The highest BCUT2D eigenvalue weighted by Crippen LogP contribution is 2.62. The summed E-state index contributed by atoms with van der Waals surface area (Å²) < 4.78 is 40.9. The molecule has 1 aromatic heterocycles. The minimum Gasteiger partial charge on any atom is -0.317 e. The van der Waals surface area contributed by atoms with E-state index in [-0.39, 0.29) is 4.90 Å². The second kappa shape index (κ2) is 11.2. The number of halogens is 2. The van der Waals surface area contributed by atoms with Crippen LogP contribution in [-0.4, -0.2) is 37.0 Å². The molecular formula is C30H30BrClN5O2PS. The predicted molar refractivity (Wildman–Crippen MR) is 173 cm³/mol. The van der Waals surface area contributed by atoms with Crippen LogP contribution in [0, 0.1) is 13.8 Å². The van der Waals surface area contributed by atoms with Crippen LogP contribution in [0.2, 0.25) is 5.02 Å². The van der Waals surface area contributed by atoms with Gasteiger partial charge in [0.2, 0.25) is 0 Å². The molecule has 0 bridgehead atoms. The molecule has 1 unspecified atom stereocenters. The van der Waals surface area contributed by atoms with E-state index in [4.69, 9.17) is 20.9 Å². The lowest BCUT2D eigenvalue weighted by molar-refractivity contribution is 0.367. The second-order valence-electron chi connectivity index (χ2n) is 10.2. The molecule has 0 radical (unpaired) electrons. The van der Waals surface area contributed by atoms with E-state index >= 15 is 0 Å². The number of hydrogen-bond donors (Lipinski definition) is 0. The maximum absolute atomic E-state index is 14.3. The van der Waals surface area contributed by atoms with E-state index in [0.717, 1.165) is 70.5 Å². The lowest BCUT2D eigenvalue weighted by Crippen LogP contribution is -2.41. The molecule has 7 nitrogen and oxygen atoms in total. The SMILES string of the molecule is Cc1c2c(c(C)n1-c1ccc(Br)cc1)P(=NS(=O)(=O)c1ccc(Cl)cc1)(N1CCCCC1)N(c1ccccc1)N=C2. The lowest BCUT2D eigenvalue weighted by Gasteiger charge is -2.45. The largest absolute Gasteiger partial charge is 0.317 e. The minimum atomic E-state index is -4.12. The van der Waals surface area contributed by atoms with Crippen molar-refractivity contribution in [2.45, 2.75) is 38.0 Å². The normalized spacial score (nSPS) is 19.3. The number of anilines is 1. The fourth-order valence-corrected chi connectivity index (χ4v) is 12.5. The number of hydrogen-bond acceptors (Lipinski definition) is 3. The minimum absolute atomic E-state index is 0.115. The molecule has 2 aliphatic rings. The summed E-state index contributed by atoms with van der Waals surface area (Å²) >= 11 is 9.67. The van der Waals surface area contributed by atoms with Gasteiger partial charge >= 0.3 is 0 Å². The topological polar surface area (TPSA) is 70.3 Å². The van der Waals surface area contributed by atoms with Crippen molar-refractivity contribution in [3.63, 3.8) is 0 Å². The molecule has 3 aromatic carbocycles. The first-order valence-corrected chi connectivity index (χ1v) is 17.8. The first kappa shape index (κ1) is 28.4. The summed E-state index contributed by atoms with van der Waals surface area (Å²) in [5.74, 6) is 0. The molecule has 0 aliphatic carbocycles. The maximum atomic E-state index is 14.3. The first-order chi connectivity index (χ1) is 19.7. The van der Waals surface area contributed by atoms with Crippen LogP contribution in [0.3, 0.4) is 0 Å². The Kier molecular flexibility index (Phi) is 7.76. The number of benzene rings is 3. The summed E-state index contributed by atoms with van der Waals surface area (Å²) in [5.41, 5.74) is 4.68. The van der Waals surface area contributed by atoms with Gasteiger partial charge in [0, 0.05) is 45.2 Å². The Morgan fingerprint density at radius 1 is 0.854 bits per heavy atom. The Bertz CT molecular complexity index is 1780. The molecule has 3 heterocycles. The third kappa shape index (κ3) is 5.02. The highest BCUT2D eigenvalue weighted by atomic mass is 79.9. The van der Waals surface area contributed by atoms with E-state index < -0.39 is 17.4 Å². The van der Waals surface area contributed by atoms with Gasteiger partial charge in [-0.3, -0.25) is 0 Å². The van der Waals surface area contributed by atoms with E-state index in [1.54, 1.807) is 12.1 Å². The van der Waals surface area contributed by atoms with Crippen LogP contribution in [0.5, 0.6) is 0 Å². The summed E-state index contributed by atoms with van der Waals surface area (Å²) in [7, 11) is -7.33. The summed E-state index contributed by atoms with van der Waals surface area (Å²) in [6.07, 6.45) is 4.89. The molecule has 0 amide bonds. The second-order valence-corrected chi connectivity index (χ2v) is 16.2. The van der Waals surface area contributed by atoms with Gasteiger partial charge in [-0.25, -0.2) is 9.45 Å². The number of sulfonamides is 1. The van der Waals surface area contributed by atoms with Gasteiger partial charge in [0.1, 0.15) is 0 Å². The van der Waals surface area contributed by atoms with Gasteiger partial charge in [-0.05, 0) is 87.4 Å². The lowest BCUT2D eigenvalue weighted by atomic mass is 10.2. The molecule has 11 heteroatoms. The maximum Gasteiger partial charge on any atom is 0.284 e. The third-order valence-electron chi connectivity index (χ3n) is 7.65. The zero-order valence-corrected chi connectivity index (χ0v) is 26.8. The van der Waals surface area contributed by atoms with Crippen LogP contribution in [0.4, 0.5) is 5.69 Å². The van der Waals surface area contributed by atoms with Gasteiger partial charge in [-0.15, -0.1) is 4.15 Å². The quantitative estimate of drug-likeness (QED) is 0.203. The Morgan fingerprint density at radius 2 is 1.51 bits per heavy atom. The fraction of sp³-hybridized carbons (Fsp3) is 0.233. The Balaban J connectivity index is 1.72. The highest BCUT2D eigenvalue weighted by molar-refractivity contribution is 9.10. The molecule has 1 fully saturated rings. The van der Waals surface area contributed by atoms with Gasteiger partial charge in [0.05, 0.1) is 22.1 Å². The smallest absolute Gasteiger partial charge is 0.284 e. The number of para-hydroxylation sites is 1.